The molecule has 39 heavy (non-hydrogen) atoms. The smallest absolute Gasteiger partial charge is 0.305 e. The number of hydrogen-bond donors (Lipinski definition) is 0. The predicted octanol–water partition coefficient (Wildman–Crippen LogP) is 4.60. The Morgan fingerprint density at radius 1 is 0.821 bits per heavy atom. The Labute approximate surface area is 228 Å². The van der Waals surface area contributed by atoms with Crippen LogP contribution in [-0.4, -0.2) is 44.0 Å². The highest BCUT2D eigenvalue weighted by Gasteiger charge is 2.35. The molecule has 0 spiro atoms. The second-order valence-corrected chi connectivity index (χ2v) is 10.7. The first-order valence-corrected chi connectivity index (χ1v) is 13.9. The van der Waals surface area contributed by atoms with Crippen LogP contribution >= 0.6 is 0 Å². The lowest BCUT2D eigenvalue weighted by atomic mass is 10.0. The Balaban J connectivity index is 0.000000272. The van der Waals surface area contributed by atoms with E-state index in [0.29, 0.717) is 19.8 Å². The zero-order valence-electron chi connectivity index (χ0n) is 21.5. The van der Waals surface area contributed by atoms with Crippen molar-refractivity contribution < 1.29 is 32.3 Å². The first kappa shape index (κ1) is 29.7. The van der Waals surface area contributed by atoms with Gasteiger partial charge in [0.05, 0.1) is 36.7 Å². The molecule has 0 amide bonds. The van der Waals surface area contributed by atoms with E-state index in [-0.39, 0.29) is 29.0 Å². The molecular weight excluding hydrogens is 522 g/mol. The second-order valence-electron chi connectivity index (χ2n) is 8.77. The molecule has 1 aliphatic carbocycles. The number of esters is 1. The van der Waals surface area contributed by atoms with E-state index in [1.54, 1.807) is 6.07 Å². The number of hydrogen-bond acceptors (Lipinski definition) is 8. The number of carbonyl (C=O) groups excluding carboxylic acids is 1. The van der Waals surface area contributed by atoms with Gasteiger partial charge in [0.15, 0.2) is 0 Å². The van der Waals surface area contributed by atoms with Gasteiger partial charge in [-0.3, -0.25) is 14.9 Å². The third-order valence-corrected chi connectivity index (χ3v) is 7.26. The number of nitrogens with zero attached hydrogens (tertiary/aromatic N) is 1. The van der Waals surface area contributed by atoms with Crippen LogP contribution in [0.4, 0.5) is 0 Å². The van der Waals surface area contributed by atoms with Crippen molar-refractivity contribution in [2.75, 3.05) is 12.5 Å². The Morgan fingerprint density at radius 3 is 1.87 bits per heavy atom. The molecule has 0 radical (unpaired) electrons. The van der Waals surface area contributed by atoms with Crippen molar-refractivity contribution in [1.82, 2.24) is 0 Å². The molecule has 10 heteroatoms. The summed E-state index contributed by atoms with van der Waals surface area (Å²) in [5.41, 5.74) is 2.23. The van der Waals surface area contributed by atoms with E-state index in [2.05, 4.69) is 0 Å². The average molecular weight is 554 g/mol. The maximum absolute atomic E-state index is 11.4. The average Bonchev–Trinajstić information content (AvgIpc) is 3.29. The van der Waals surface area contributed by atoms with Gasteiger partial charge in [0.1, 0.15) is 6.10 Å². The normalized spacial score (nSPS) is 18.1. The van der Waals surface area contributed by atoms with Crippen LogP contribution < -0.4 is 0 Å². The number of nitro groups is 1. The lowest BCUT2D eigenvalue weighted by molar-refractivity contribution is -0.458. The molecule has 0 saturated heterocycles. The standard InChI is InChI=1S/C22H24O4.C7H7NO4S/c1-17(23)26-22-13-12-21(25-15-19-10-6-3-7-11-19)20(22)16-24-14-18-8-4-2-5-9-18;9-8(10)6-13(11,12)7-4-2-1-3-5-7/h2-13,20-22H,14-16H2,1H3;1-5H,6H2/t20-,21+,22-;/m1./s1. The van der Waals surface area contributed by atoms with Crippen molar-refractivity contribution in [2.45, 2.75) is 37.2 Å². The van der Waals surface area contributed by atoms with E-state index < -0.39 is 20.6 Å². The van der Waals surface area contributed by atoms with E-state index in [4.69, 9.17) is 14.2 Å². The zero-order valence-corrected chi connectivity index (χ0v) is 22.3. The monoisotopic (exact) mass is 553 g/mol. The second kappa shape index (κ2) is 14.9. The van der Waals surface area contributed by atoms with Gasteiger partial charge in [-0.25, -0.2) is 8.42 Å². The van der Waals surface area contributed by atoms with Gasteiger partial charge >= 0.3 is 11.8 Å². The van der Waals surface area contributed by atoms with Gasteiger partial charge in [0, 0.05) is 11.8 Å². The molecule has 3 aromatic carbocycles. The van der Waals surface area contributed by atoms with Crippen molar-refractivity contribution in [2.24, 2.45) is 5.92 Å². The fraction of sp³-hybridized carbons (Fsp3) is 0.276. The van der Waals surface area contributed by atoms with Gasteiger partial charge in [-0.05, 0) is 29.3 Å². The van der Waals surface area contributed by atoms with Gasteiger partial charge < -0.3 is 14.2 Å². The summed E-state index contributed by atoms with van der Waals surface area (Å²) in [6.07, 6.45) is 3.40. The van der Waals surface area contributed by atoms with Crippen LogP contribution in [0.1, 0.15) is 18.1 Å². The summed E-state index contributed by atoms with van der Waals surface area (Å²) in [5, 5.41) is 10.0. The third-order valence-electron chi connectivity index (χ3n) is 5.72. The number of benzene rings is 3. The first-order valence-electron chi connectivity index (χ1n) is 12.3. The number of ether oxygens (including phenoxy) is 3. The van der Waals surface area contributed by atoms with E-state index in [1.807, 2.05) is 72.8 Å². The summed E-state index contributed by atoms with van der Waals surface area (Å²) >= 11 is 0. The van der Waals surface area contributed by atoms with Crippen molar-refractivity contribution in [3.8, 4) is 0 Å². The fourth-order valence-corrected chi connectivity index (χ4v) is 4.87. The van der Waals surface area contributed by atoms with E-state index >= 15 is 0 Å². The Hall–Kier alpha value is -3.86. The van der Waals surface area contributed by atoms with Gasteiger partial charge in [0.25, 0.3) is 0 Å². The third kappa shape index (κ3) is 10.1. The predicted molar refractivity (Wildman–Crippen MR) is 145 cm³/mol. The molecule has 0 saturated carbocycles. The molecule has 0 heterocycles. The largest absolute Gasteiger partial charge is 0.458 e. The minimum absolute atomic E-state index is 0.0216. The first-order chi connectivity index (χ1) is 18.7. The summed E-state index contributed by atoms with van der Waals surface area (Å²) in [6, 6.07) is 27.4. The van der Waals surface area contributed by atoms with E-state index in [9.17, 15) is 23.3 Å². The van der Waals surface area contributed by atoms with Crippen LogP contribution in [0.2, 0.25) is 0 Å². The quantitative estimate of drug-likeness (QED) is 0.146. The highest BCUT2D eigenvalue weighted by atomic mass is 32.2. The summed E-state index contributed by atoms with van der Waals surface area (Å²) in [6.45, 7) is 2.92. The summed E-state index contributed by atoms with van der Waals surface area (Å²) < 4.78 is 39.8. The van der Waals surface area contributed by atoms with Crippen LogP contribution in [0, 0.1) is 16.0 Å². The number of sulfone groups is 1. The van der Waals surface area contributed by atoms with Crippen LogP contribution in [0.5, 0.6) is 0 Å². The molecule has 206 valence electrons. The molecule has 3 aromatic rings. The maximum atomic E-state index is 11.4. The highest BCUT2D eigenvalue weighted by molar-refractivity contribution is 7.91. The lowest BCUT2D eigenvalue weighted by Crippen LogP contribution is -2.33. The molecule has 0 fully saturated rings. The van der Waals surface area contributed by atoms with Gasteiger partial charge in [-0.15, -0.1) is 0 Å². The van der Waals surface area contributed by atoms with Crippen LogP contribution in [-0.2, 0) is 42.1 Å². The molecule has 9 nitrogen and oxygen atoms in total. The van der Waals surface area contributed by atoms with Crippen molar-refractivity contribution >= 4 is 15.8 Å². The van der Waals surface area contributed by atoms with Crippen molar-refractivity contribution in [3.63, 3.8) is 0 Å². The summed E-state index contributed by atoms with van der Waals surface area (Å²) in [4.78, 5) is 20.5. The van der Waals surface area contributed by atoms with Crippen molar-refractivity contribution in [1.29, 1.82) is 0 Å². The number of rotatable bonds is 11. The molecule has 4 rings (SSSR count). The maximum Gasteiger partial charge on any atom is 0.305 e. The molecule has 0 unspecified atom stereocenters. The fourth-order valence-electron chi connectivity index (χ4n) is 3.87. The summed E-state index contributed by atoms with van der Waals surface area (Å²) in [7, 11) is -3.76. The van der Waals surface area contributed by atoms with Gasteiger partial charge in [-0.1, -0.05) is 84.9 Å². The van der Waals surface area contributed by atoms with Crippen LogP contribution in [0.25, 0.3) is 0 Å². The lowest BCUT2D eigenvalue weighted by Gasteiger charge is -2.25. The Bertz CT molecular complexity index is 1320. The molecule has 0 N–H and O–H groups in total. The Morgan fingerprint density at radius 2 is 1.33 bits per heavy atom. The molecule has 0 bridgehead atoms. The zero-order chi connectivity index (χ0) is 28.1. The van der Waals surface area contributed by atoms with Gasteiger partial charge in [0.2, 0.25) is 9.84 Å². The molecule has 1 aliphatic rings. The molecule has 0 aliphatic heterocycles. The van der Waals surface area contributed by atoms with Gasteiger partial charge in [-0.2, -0.15) is 0 Å². The SMILES string of the molecule is CC(=O)O[C@@H]1C=C[C@H](OCc2ccccc2)[C@H]1COCc1ccccc1.O=[N+]([O-])CS(=O)(=O)c1ccccc1. The van der Waals surface area contributed by atoms with Crippen LogP contribution in [0.15, 0.2) is 108 Å². The van der Waals surface area contributed by atoms with Crippen LogP contribution in [0.3, 0.4) is 0 Å². The highest BCUT2D eigenvalue weighted by Crippen LogP contribution is 2.27. The number of carbonyl (C=O) groups is 1. The van der Waals surface area contributed by atoms with E-state index in [0.717, 1.165) is 11.1 Å². The molecule has 3 atom stereocenters. The molecule has 0 aromatic heterocycles. The Kier molecular flexibility index (Phi) is 11.4. The topological polar surface area (TPSA) is 122 Å². The molecular formula is C29H31NO8S. The minimum atomic E-state index is -3.76. The van der Waals surface area contributed by atoms with E-state index in [1.165, 1.54) is 31.2 Å². The minimum Gasteiger partial charge on any atom is -0.458 e. The van der Waals surface area contributed by atoms with Crippen molar-refractivity contribution in [3.05, 3.63) is 124 Å². The summed E-state index contributed by atoms with van der Waals surface area (Å²) in [5.74, 6) is -1.40.